The van der Waals surface area contributed by atoms with Gasteiger partial charge in [0.15, 0.2) is 5.69 Å². The highest BCUT2D eigenvalue weighted by Crippen LogP contribution is 2.29. The molecule has 0 aliphatic heterocycles. The maximum absolute atomic E-state index is 12.6. The molecule has 0 aliphatic carbocycles. The van der Waals surface area contributed by atoms with Gasteiger partial charge < -0.3 is 5.32 Å². The highest BCUT2D eigenvalue weighted by Gasteiger charge is 2.33. The zero-order valence-corrected chi connectivity index (χ0v) is 11.9. The van der Waals surface area contributed by atoms with Crippen LogP contribution in [0.2, 0.25) is 5.28 Å². The number of anilines is 1. The lowest BCUT2D eigenvalue weighted by atomic mass is 10.2. The first-order valence-corrected chi connectivity index (χ1v) is 6.87. The molecular formula is C11H10ClF3N4S. The van der Waals surface area contributed by atoms with Gasteiger partial charge in [-0.25, -0.2) is 15.0 Å². The molecule has 20 heavy (non-hydrogen) atoms. The van der Waals surface area contributed by atoms with Crippen LogP contribution in [0.15, 0.2) is 17.6 Å². The van der Waals surface area contributed by atoms with E-state index < -0.39 is 17.2 Å². The number of hydrogen-bond acceptors (Lipinski definition) is 5. The number of nitrogens with zero attached hydrogens (tertiary/aromatic N) is 3. The van der Waals surface area contributed by atoms with Gasteiger partial charge in [0.05, 0.1) is 5.01 Å². The summed E-state index contributed by atoms with van der Waals surface area (Å²) in [5.74, 6) is 0.0961. The largest absolute Gasteiger partial charge is 0.433 e. The van der Waals surface area contributed by atoms with Crippen LogP contribution in [0.4, 0.5) is 19.0 Å². The van der Waals surface area contributed by atoms with Crippen molar-refractivity contribution >= 4 is 28.8 Å². The van der Waals surface area contributed by atoms with Gasteiger partial charge in [-0.3, -0.25) is 0 Å². The molecule has 0 aliphatic rings. The average Bonchev–Trinajstić information content (AvgIpc) is 2.88. The SMILES string of the molecule is CC(CNc1cc(C(F)(F)F)nc(Cl)n1)c1nccs1. The van der Waals surface area contributed by atoms with Crippen molar-refractivity contribution in [2.75, 3.05) is 11.9 Å². The lowest BCUT2D eigenvalue weighted by molar-refractivity contribution is -0.141. The summed E-state index contributed by atoms with van der Waals surface area (Å²) in [7, 11) is 0. The summed E-state index contributed by atoms with van der Waals surface area (Å²) in [4.78, 5) is 11.0. The van der Waals surface area contributed by atoms with E-state index in [-0.39, 0.29) is 11.7 Å². The van der Waals surface area contributed by atoms with E-state index in [1.807, 2.05) is 12.3 Å². The summed E-state index contributed by atoms with van der Waals surface area (Å²) in [6.07, 6.45) is -2.87. The van der Waals surface area contributed by atoms with E-state index in [9.17, 15) is 13.2 Å². The van der Waals surface area contributed by atoms with Crippen molar-refractivity contribution in [3.63, 3.8) is 0 Å². The van der Waals surface area contributed by atoms with Gasteiger partial charge >= 0.3 is 6.18 Å². The molecule has 2 aromatic heterocycles. The van der Waals surface area contributed by atoms with Gasteiger partial charge in [0.25, 0.3) is 0 Å². The first-order valence-electron chi connectivity index (χ1n) is 5.61. The standard InChI is InChI=1S/C11H10ClF3N4S/c1-6(9-16-2-3-20-9)5-17-8-4-7(11(13,14)15)18-10(12)19-8/h2-4,6H,5H2,1H3,(H,17,18,19). The highest BCUT2D eigenvalue weighted by atomic mass is 35.5. The Balaban J connectivity index is 2.08. The molecule has 4 nitrogen and oxygen atoms in total. The molecule has 1 N–H and O–H groups in total. The van der Waals surface area contributed by atoms with E-state index in [1.54, 1.807) is 6.20 Å². The topological polar surface area (TPSA) is 50.7 Å². The minimum Gasteiger partial charge on any atom is -0.369 e. The highest BCUT2D eigenvalue weighted by molar-refractivity contribution is 7.09. The molecule has 1 atom stereocenters. The molecule has 108 valence electrons. The van der Waals surface area contributed by atoms with Crippen LogP contribution in [-0.2, 0) is 6.18 Å². The third kappa shape index (κ3) is 3.80. The monoisotopic (exact) mass is 322 g/mol. The van der Waals surface area contributed by atoms with Gasteiger partial charge in [-0.1, -0.05) is 6.92 Å². The molecule has 2 aromatic rings. The maximum Gasteiger partial charge on any atom is 0.433 e. The van der Waals surface area contributed by atoms with Crippen LogP contribution in [0.3, 0.4) is 0 Å². The van der Waals surface area contributed by atoms with Gasteiger partial charge in [0.1, 0.15) is 5.82 Å². The zero-order valence-electron chi connectivity index (χ0n) is 10.3. The van der Waals surface area contributed by atoms with Crippen LogP contribution in [-0.4, -0.2) is 21.5 Å². The Morgan fingerprint density at radius 2 is 2.15 bits per heavy atom. The molecule has 0 fully saturated rings. The molecule has 0 spiro atoms. The van der Waals surface area contributed by atoms with Crippen molar-refractivity contribution in [2.24, 2.45) is 0 Å². The van der Waals surface area contributed by atoms with Crippen molar-refractivity contribution in [1.82, 2.24) is 15.0 Å². The Morgan fingerprint density at radius 1 is 1.40 bits per heavy atom. The molecule has 2 heterocycles. The van der Waals surface area contributed by atoms with Crippen LogP contribution in [0.25, 0.3) is 0 Å². The van der Waals surface area contributed by atoms with E-state index in [2.05, 4.69) is 20.3 Å². The van der Waals surface area contributed by atoms with Gasteiger partial charge in [-0.05, 0) is 11.6 Å². The Morgan fingerprint density at radius 3 is 2.75 bits per heavy atom. The van der Waals surface area contributed by atoms with Gasteiger partial charge in [0.2, 0.25) is 5.28 Å². The Bertz CT molecular complexity index is 574. The van der Waals surface area contributed by atoms with Crippen molar-refractivity contribution in [1.29, 1.82) is 0 Å². The Labute approximate surface area is 122 Å². The van der Waals surface area contributed by atoms with Gasteiger partial charge in [-0.2, -0.15) is 13.2 Å². The maximum atomic E-state index is 12.6. The summed E-state index contributed by atoms with van der Waals surface area (Å²) in [5, 5.41) is 5.12. The molecule has 9 heteroatoms. The fourth-order valence-electron chi connectivity index (χ4n) is 1.48. The fraction of sp³-hybridized carbons (Fsp3) is 0.364. The van der Waals surface area contributed by atoms with Crippen molar-refractivity contribution in [3.05, 3.63) is 33.6 Å². The van der Waals surface area contributed by atoms with Crippen molar-refractivity contribution in [2.45, 2.75) is 19.0 Å². The second-order valence-electron chi connectivity index (χ2n) is 4.06. The fourth-order valence-corrected chi connectivity index (χ4v) is 2.36. The van der Waals surface area contributed by atoms with Crippen LogP contribution >= 0.6 is 22.9 Å². The molecule has 0 saturated carbocycles. The number of nitrogens with one attached hydrogen (secondary N) is 1. The van der Waals surface area contributed by atoms with Crippen molar-refractivity contribution in [3.8, 4) is 0 Å². The van der Waals surface area contributed by atoms with Crippen LogP contribution in [0.1, 0.15) is 23.5 Å². The van der Waals surface area contributed by atoms with Crippen molar-refractivity contribution < 1.29 is 13.2 Å². The van der Waals surface area contributed by atoms with Crippen LogP contribution in [0, 0.1) is 0 Å². The molecule has 0 bridgehead atoms. The molecule has 1 unspecified atom stereocenters. The second kappa shape index (κ2) is 5.92. The molecular weight excluding hydrogens is 313 g/mol. The number of halogens is 4. The zero-order chi connectivity index (χ0) is 14.8. The lowest BCUT2D eigenvalue weighted by Gasteiger charge is -2.12. The van der Waals surface area contributed by atoms with E-state index in [0.717, 1.165) is 11.1 Å². The third-order valence-corrected chi connectivity index (χ3v) is 3.63. The minimum absolute atomic E-state index is 0.0423. The predicted octanol–water partition coefficient (Wildman–Crippen LogP) is 3.82. The second-order valence-corrected chi connectivity index (χ2v) is 5.32. The smallest absolute Gasteiger partial charge is 0.369 e. The lowest BCUT2D eigenvalue weighted by Crippen LogP contribution is -2.14. The van der Waals surface area contributed by atoms with E-state index in [1.165, 1.54) is 11.3 Å². The summed E-state index contributed by atoms with van der Waals surface area (Å²) in [6.45, 7) is 2.32. The molecule has 0 radical (unpaired) electrons. The molecule has 0 amide bonds. The molecule has 2 rings (SSSR count). The number of alkyl halides is 3. The molecule has 0 saturated heterocycles. The average molecular weight is 323 g/mol. The first kappa shape index (κ1) is 15.0. The van der Waals surface area contributed by atoms with Crippen LogP contribution in [0.5, 0.6) is 0 Å². The Hall–Kier alpha value is -1.41. The number of thiazole rings is 1. The number of aromatic nitrogens is 3. The minimum atomic E-state index is -4.55. The van der Waals surface area contributed by atoms with E-state index in [0.29, 0.717) is 6.54 Å². The van der Waals surface area contributed by atoms with Crippen LogP contribution < -0.4 is 5.32 Å². The quantitative estimate of drug-likeness (QED) is 0.869. The van der Waals surface area contributed by atoms with E-state index in [4.69, 9.17) is 11.6 Å². The summed E-state index contributed by atoms with van der Waals surface area (Å²) in [5.41, 5.74) is -1.07. The predicted molar refractivity (Wildman–Crippen MR) is 71.1 cm³/mol. The summed E-state index contributed by atoms with van der Waals surface area (Å²) < 4.78 is 37.8. The normalized spacial score (nSPS) is 13.2. The Kier molecular flexibility index (Phi) is 4.44. The third-order valence-electron chi connectivity index (χ3n) is 2.45. The van der Waals surface area contributed by atoms with Gasteiger partial charge in [-0.15, -0.1) is 11.3 Å². The van der Waals surface area contributed by atoms with Gasteiger partial charge in [0, 0.05) is 30.1 Å². The summed E-state index contributed by atoms with van der Waals surface area (Å²) >= 11 is 6.99. The molecule has 0 aromatic carbocycles. The number of hydrogen-bond donors (Lipinski definition) is 1. The van der Waals surface area contributed by atoms with E-state index >= 15 is 0 Å². The number of rotatable bonds is 4. The summed E-state index contributed by atoms with van der Waals surface area (Å²) in [6, 6.07) is 0.834. The first-order chi connectivity index (χ1) is 9.36.